The van der Waals surface area contributed by atoms with E-state index in [1.54, 1.807) is 24.3 Å². The molecule has 1 heterocycles. The van der Waals surface area contributed by atoms with Gasteiger partial charge in [-0.25, -0.2) is 9.78 Å². The number of nitro benzene ring substituents is 1. The van der Waals surface area contributed by atoms with Crippen molar-refractivity contribution in [1.82, 2.24) is 9.55 Å². The molecule has 0 aliphatic rings. The lowest BCUT2D eigenvalue weighted by atomic mass is 9.99. The molecule has 0 saturated heterocycles. The van der Waals surface area contributed by atoms with Gasteiger partial charge in [-0.1, -0.05) is 61.9 Å². The van der Waals surface area contributed by atoms with Gasteiger partial charge in [-0.3, -0.25) is 10.1 Å². The Morgan fingerprint density at radius 3 is 2.50 bits per heavy atom. The van der Waals surface area contributed by atoms with Crippen molar-refractivity contribution in [3.63, 3.8) is 0 Å². The third-order valence-electron chi connectivity index (χ3n) is 5.55. The van der Waals surface area contributed by atoms with Crippen LogP contribution in [-0.4, -0.2) is 25.6 Å². The smallest absolute Gasteiger partial charge is 0.336 e. The summed E-state index contributed by atoms with van der Waals surface area (Å²) in [6.45, 7) is 2.63. The minimum Gasteiger partial charge on any atom is -0.478 e. The van der Waals surface area contributed by atoms with Crippen LogP contribution in [0, 0.1) is 10.1 Å². The second-order valence-electron chi connectivity index (χ2n) is 7.67. The van der Waals surface area contributed by atoms with E-state index in [0.29, 0.717) is 17.6 Å². The third-order valence-corrected chi connectivity index (χ3v) is 5.55. The van der Waals surface area contributed by atoms with Gasteiger partial charge in [0.05, 0.1) is 16.0 Å². The van der Waals surface area contributed by atoms with Gasteiger partial charge >= 0.3 is 5.97 Å². The SMILES string of the molecule is CCCCc1nc2c([N+](=O)[O-])cccc2n1Cc1ccc(-c2ccccc2C(=O)O)cc1. The summed E-state index contributed by atoms with van der Waals surface area (Å²) < 4.78 is 2.04. The summed E-state index contributed by atoms with van der Waals surface area (Å²) in [6, 6.07) is 19.7. The van der Waals surface area contributed by atoms with E-state index in [-0.39, 0.29) is 11.3 Å². The zero-order valence-corrected chi connectivity index (χ0v) is 17.7. The van der Waals surface area contributed by atoms with Crippen LogP contribution in [0.4, 0.5) is 5.69 Å². The molecule has 1 aromatic heterocycles. The van der Waals surface area contributed by atoms with Crippen LogP contribution in [0.15, 0.2) is 66.7 Å². The van der Waals surface area contributed by atoms with E-state index >= 15 is 0 Å². The van der Waals surface area contributed by atoms with Crippen molar-refractivity contribution in [3.05, 3.63) is 93.8 Å². The standard InChI is InChI=1S/C25H23N3O4/c1-2-3-11-23-26-24-21(9-6-10-22(24)28(31)32)27(23)16-17-12-14-18(15-13-17)19-7-4-5-8-20(19)25(29)30/h4-10,12-15H,2-3,11,16H2,1H3,(H,29,30). The zero-order chi connectivity index (χ0) is 22.7. The van der Waals surface area contributed by atoms with Crippen LogP contribution in [0.2, 0.25) is 0 Å². The molecular weight excluding hydrogens is 406 g/mol. The number of nitro groups is 1. The first-order valence-electron chi connectivity index (χ1n) is 10.5. The van der Waals surface area contributed by atoms with E-state index < -0.39 is 10.9 Å². The number of carbonyl (C=O) groups is 1. The summed E-state index contributed by atoms with van der Waals surface area (Å²) in [5, 5.41) is 20.9. The van der Waals surface area contributed by atoms with E-state index in [9.17, 15) is 20.0 Å². The molecule has 0 unspecified atom stereocenters. The first-order valence-corrected chi connectivity index (χ1v) is 10.5. The second kappa shape index (κ2) is 9.01. The maximum atomic E-state index is 11.5. The average Bonchev–Trinajstić information content (AvgIpc) is 3.15. The number of para-hydroxylation sites is 1. The Balaban J connectivity index is 1.71. The van der Waals surface area contributed by atoms with E-state index in [0.717, 1.165) is 41.7 Å². The average molecular weight is 429 g/mol. The summed E-state index contributed by atoms with van der Waals surface area (Å²) in [5.41, 5.74) is 3.92. The fourth-order valence-corrected chi connectivity index (χ4v) is 3.92. The van der Waals surface area contributed by atoms with E-state index in [1.165, 1.54) is 6.07 Å². The normalized spacial score (nSPS) is 11.0. The predicted molar refractivity (Wildman–Crippen MR) is 123 cm³/mol. The molecule has 7 heteroatoms. The lowest BCUT2D eigenvalue weighted by molar-refractivity contribution is -0.383. The number of hydrogen-bond donors (Lipinski definition) is 1. The fourth-order valence-electron chi connectivity index (χ4n) is 3.92. The third kappa shape index (κ3) is 4.09. The van der Waals surface area contributed by atoms with Gasteiger partial charge in [0.15, 0.2) is 5.52 Å². The number of aromatic nitrogens is 2. The molecule has 4 rings (SSSR count). The summed E-state index contributed by atoms with van der Waals surface area (Å²) in [6.07, 6.45) is 2.69. The van der Waals surface area contributed by atoms with Crippen molar-refractivity contribution < 1.29 is 14.8 Å². The molecule has 0 aliphatic carbocycles. The number of fused-ring (bicyclic) bond motifs is 1. The number of carboxylic acids is 1. The molecule has 0 atom stereocenters. The van der Waals surface area contributed by atoms with Crippen molar-refractivity contribution in [2.45, 2.75) is 32.7 Å². The van der Waals surface area contributed by atoms with Gasteiger partial charge in [0, 0.05) is 19.0 Å². The number of aryl methyl sites for hydroxylation is 1. The number of rotatable bonds is 8. The van der Waals surface area contributed by atoms with Crippen molar-refractivity contribution in [1.29, 1.82) is 0 Å². The molecule has 0 spiro atoms. The Morgan fingerprint density at radius 2 is 1.81 bits per heavy atom. The number of benzene rings is 3. The number of carboxylic acid groups (broad SMARTS) is 1. The van der Waals surface area contributed by atoms with Gasteiger partial charge in [-0.15, -0.1) is 0 Å². The molecule has 1 N–H and O–H groups in total. The minimum absolute atomic E-state index is 0.0135. The Labute approximate surface area is 185 Å². The molecule has 0 amide bonds. The molecule has 0 aliphatic heterocycles. The monoisotopic (exact) mass is 429 g/mol. The molecule has 0 bridgehead atoms. The molecule has 3 aromatic carbocycles. The van der Waals surface area contributed by atoms with Crippen molar-refractivity contribution in [3.8, 4) is 11.1 Å². The number of nitrogens with zero attached hydrogens (tertiary/aromatic N) is 3. The van der Waals surface area contributed by atoms with E-state index in [2.05, 4.69) is 11.9 Å². The number of hydrogen-bond acceptors (Lipinski definition) is 4. The molecule has 4 aromatic rings. The Kier molecular flexibility index (Phi) is 5.98. The highest BCUT2D eigenvalue weighted by molar-refractivity contribution is 5.96. The van der Waals surface area contributed by atoms with Gasteiger partial charge in [-0.2, -0.15) is 0 Å². The number of non-ortho nitro benzene ring substituents is 1. The molecule has 162 valence electrons. The molecule has 0 radical (unpaired) electrons. The maximum absolute atomic E-state index is 11.5. The quantitative estimate of drug-likeness (QED) is 0.286. The van der Waals surface area contributed by atoms with Crippen LogP contribution < -0.4 is 0 Å². The Bertz CT molecular complexity index is 1290. The van der Waals surface area contributed by atoms with Crippen LogP contribution in [0.5, 0.6) is 0 Å². The van der Waals surface area contributed by atoms with Crippen molar-refractivity contribution in [2.75, 3.05) is 0 Å². The number of unbranched alkanes of at least 4 members (excludes halogenated alkanes) is 1. The summed E-state index contributed by atoms with van der Waals surface area (Å²) in [5.74, 6) is -0.131. The van der Waals surface area contributed by atoms with Gasteiger partial charge in [0.1, 0.15) is 5.82 Å². The van der Waals surface area contributed by atoms with Crippen LogP contribution in [0.25, 0.3) is 22.2 Å². The lowest BCUT2D eigenvalue weighted by Gasteiger charge is -2.11. The molecular formula is C25H23N3O4. The summed E-state index contributed by atoms with van der Waals surface area (Å²) in [7, 11) is 0. The molecule has 7 nitrogen and oxygen atoms in total. The van der Waals surface area contributed by atoms with Crippen molar-refractivity contribution in [2.24, 2.45) is 0 Å². The zero-order valence-electron chi connectivity index (χ0n) is 17.7. The first-order chi connectivity index (χ1) is 15.5. The number of aromatic carboxylic acids is 1. The summed E-state index contributed by atoms with van der Waals surface area (Å²) in [4.78, 5) is 27.2. The highest BCUT2D eigenvalue weighted by atomic mass is 16.6. The van der Waals surface area contributed by atoms with Crippen LogP contribution in [0.3, 0.4) is 0 Å². The van der Waals surface area contributed by atoms with E-state index in [4.69, 9.17) is 0 Å². The lowest BCUT2D eigenvalue weighted by Crippen LogP contribution is -2.05. The van der Waals surface area contributed by atoms with Gasteiger partial charge in [0.2, 0.25) is 0 Å². The van der Waals surface area contributed by atoms with Gasteiger partial charge in [-0.05, 0) is 35.2 Å². The molecule has 0 fully saturated rings. The minimum atomic E-state index is -0.961. The van der Waals surface area contributed by atoms with Crippen LogP contribution in [-0.2, 0) is 13.0 Å². The van der Waals surface area contributed by atoms with Crippen LogP contribution >= 0.6 is 0 Å². The largest absolute Gasteiger partial charge is 0.478 e. The van der Waals surface area contributed by atoms with Gasteiger partial charge in [0.25, 0.3) is 5.69 Å². The fraction of sp³-hybridized carbons (Fsp3) is 0.200. The Morgan fingerprint density at radius 1 is 1.06 bits per heavy atom. The summed E-state index contributed by atoms with van der Waals surface area (Å²) >= 11 is 0. The van der Waals surface area contributed by atoms with Crippen molar-refractivity contribution >= 4 is 22.7 Å². The highest BCUT2D eigenvalue weighted by Gasteiger charge is 2.19. The molecule has 0 saturated carbocycles. The molecule has 32 heavy (non-hydrogen) atoms. The Hall–Kier alpha value is -4.00. The number of imidazole rings is 1. The highest BCUT2D eigenvalue weighted by Crippen LogP contribution is 2.28. The first kappa shape index (κ1) is 21.2. The van der Waals surface area contributed by atoms with Gasteiger partial charge < -0.3 is 9.67 Å². The van der Waals surface area contributed by atoms with E-state index in [1.807, 2.05) is 41.0 Å². The topological polar surface area (TPSA) is 98.3 Å². The maximum Gasteiger partial charge on any atom is 0.336 e. The second-order valence-corrected chi connectivity index (χ2v) is 7.67. The van der Waals surface area contributed by atoms with Crippen LogP contribution in [0.1, 0.15) is 41.5 Å². The predicted octanol–water partition coefficient (Wildman–Crippen LogP) is 5.70.